The summed E-state index contributed by atoms with van der Waals surface area (Å²) in [6, 6.07) is 8.83. The van der Waals surface area contributed by atoms with Crippen LogP contribution in [-0.4, -0.2) is 4.21 Å². The summed E-state index contributed by atoms with van der Waals surface area (Å²) in [6.45, 7) is 4.14. The first-order valence-electron chi connectivity index (χ1n) is 8.55. The van der Waals surface area contributed by atoms with E-state index in [1.165, 1.54) is 24.3 Å². The molecule has 0 heterocycles. The quantitative estimate of drug-likeness (QED) is 0.586. The number of aryl methyl sites for hydroxylation is 2. The minimum atomic E-state index is -1.43. The molecule has 0 aliphatic rings. The van der Waals surface area contributed by atoms with Crippen LogP contribution in [0.4, 0.5) is 8.78 Å². The molecule has 0 aromatic heterocycles. The second-order valence-corrected chi connectivity index (χ2v) is 7.40. The van der Waals surface area contributed by atoms with E-state index in [-0.39, 0.29) is 11.6 Å². The summed E-state index contributed by atoms with van der Waals surface area (Å²) >= 11 is 0. The van der Waals surface area contributed by atoms with Crippen LogP contribution in [0.2, 0.25) is 0 Å². The Morgan fingerprint density at radius 2 is 1.21 bits per heavy atom. The first kappa shape index (κ1) is 18.8. The van der Waals surface area contributed by atoms with Gasteiger partial charge in [-0.05, 0) is 73.2 Å². The van der Waals surface area contributed by atoms with Crippen LogP contribution >= 0.6 is 0 Å². The Morgan fingerprint density at radius 1 is 0.792 bits per heavy atom. The van der Waals surface area contributed by atoms with Gasteiger partial charge in [0.2, 0.25) is 0 Å². The van der Waals surface area contributed by atoms with Crippen LogP contribution in [0.3, 0.4) is 0 Å². The molecule has 24 heavy (non-hydrogen) atoms. The van der Waals surface area contributed by atoms with Gasteiger partial charge in [0.1, 0.15) is 11.6 Å². The van der Waals surface area contributed by atoms with Gasteiger partial charge in [-0.25, -0.2) is 13.0 Å². The molecule has 2 aromatic carbocycles. The summed E-state index contributed by atoms with van der Waals surface area (Å²) in [7, 11) is -1.43. The molecule has 0 aliphatic heterocycles. The number of hydrogen-bond donors (Lipinski definition) is 0. The van der Waals surface area contributed by atoms with Gasteiger partial charge in [0.15, 0.2) is 0 Å². The fourth-order valence-electron chi connectivity index (χ4n) is 2.70. The molecule has 0 fully saturated rings. The third kappa shape index (κ3) is 4.73. The maximum atomic E-state index is 13.6. The Kier molecular flexibility index (Phi) is 7.10. The summed E-state index contributed by atoms with van der Waals surface area (Å²) in [5.41, 5.74) is 1.56. The molecule has 0 saturated heterocycles. The van der Waals surface area contributed by atoms with E-state index >= 15 is 0 Å². The SMILES string of the molecule is CCCCc1cc(F)ccc1S(=O)c1ccc(F)cc1CCCC. The molecule has 130 valence electrons. The number of hydrogen-bond acceptors (Lipinski definition) is 1. The van der Waals surface area contributed by atoms with Crippen molar-refractivity contribution in [2.45, 2.75) is 62.2 Å². The minimum absolute atomic E-state index is 0.313. The number of halogens is 2. The van der Waals surface area contributed by atoms with Crippen LogP contribution in [0, 0.1) is 11.6 Å². The second kappa shape index (κ2) is 9.07. The topological polar surface area (TPSA) is 17.1 Å². The van der Waals surface area contributed by atoms with Crippen LogP contribution < -0.4 is 0 Å². The zero-order valence-corrected chi connectivity index (χ0v) is 15.1. The van der Waals surface area contributed by atoms with Gasteiger partial charge in [0.25, 0.3) is 0 Å². The molecule has 0 spiro atoms. The minimum Gasteiger partial charge on any atom is -0.249 e. The van der Waals surface area contributed by atoms with Crippen LogP contribution in [0.1, 0.15) is 50.7 Å². The maximum absolute atomic E-state index is 13.6. The summed E-state index contributed by atoms with van der Waals surface area (Å²) in [4.78, 5) is 1.27. The molecule has 0 bridgehead atoms. The second-order valence-electron chi connectivity index (χ2n) is 5.98. The monoisotopic (exact) mass is 350 g/mol. The summed E-state index contributed by atoms with van der Waals surface area (Å²) in [5, 5.41) is 0. The first-order valence-corrected chi connectivity index (χ1v) is 9.70. The lowest BCUT2D eigenvalue weighted by Gasteiger charge is -2.13. The Hall–Kier alpha value is -1.55. The molecular formula is C20H24F2OS. The van der Waals surface area contributed by atoms with E-state index in [1.54, 1.807) is 12.1 Å². The molecule has 0 saturated carbocycles. The molecule has 0 atom stereocenters. The van der Waals surface area contributed by atoms with E-state index in [9.17, 15) is 13.0 Å². The van der Waals surface area contributed by atoms with Gasteiger partial charge < -0.3 is 0 Å². The molecule has 4 heteroatoms. The fraction of sp³-hybridized carbons (Fsp3) is 0.400. The number of unbranched alkanes of at least 4 members (excludes halogenated alkanes) is 2. The van der Waals surface area contributed by atoms with Gasteiger partial charge in [-0.1, -0.05) is 26.7 Å². The predicted molar refractivity (Wildman–Crippen MR) is 94.7 cm³/mol. The van der Waals surface area contributed by atoms with E-state index in [1.807, 2.05) is 0 Å². The highest BCUT2D eigenvalue weighted by Gasteiger charge is 2.16. The van der Waals surface area contributed by atoms with Crippen molar-refractivity contribution in [3.63, 3.8) is 0 Å². The van der Waals surface area contributed by atoms with Gasteiger partial charge in [-0.2, -0.15) is 0 Å². The highest BCUT2D eigenvalue weighted by atomic mass is 32.2. The molecular weight excluding hydrogens is 326 g/mol. The van der Waals surface area contributed by atoms with Crippen LogP contribution in [0.25, 0.3) is 0 Å². The predicted octanol–water partition coefficient (Wildman–Crippen LogP) is 5.82. The number of rotatable bonds is 8. The first-order chi connectivity index (χ1) is 11.6. The van der Waals surface area contributed by atoms with Crippen molar-refractivity contribution in [3.05, 3.63) is 59.2 Å². The largest absolute Gasteiger partial charge is 0.249 e. The van der Waals surface area contributed by atoms with Crippen molar-refractivity contribution in [3.8, 4) is 0 Å². The average Bonchev–Trinajstić information content (AvgIpc) is 2.57. The van der Waals surface area contributed by atoms with Gasteiger partial charge >= 0.3 is 0 Å². The summed E-state index contributed by atoms with van der Waals surface area (Å²) < 4.78 is 40.3. The molecule has 2 rings (SSSR count). The lowest BCUT2D eigenvalue weighted by Crippen LogP contribution is -2.04. The van der Waals surface area contributed by atoms with Crippen molar-refractivity contribution in [2.24, 2.45) is 0 Å². The average molecular weight is 350 g/mol. The molecule has 2 aromatic rings. The van der Waals surface area contributed by atoms with E-state index in [0.717, 1.165) is 36.8 Å². The Labute approximate surface area is 145 Å². The van der Waals surface area contributed by atoms with Crippen molar-refractivity contribution in [1.82, 2.24) is 0 Å². The highest BCUT2D eigenvalue weighted by molar-refractivity contribution is 7.85. The molecule has 1 nitrogen and oxygen atoms in total. The summed E-state index contributed by atoms with van der Waals surface area (Å²) in [6.07, 6.45) is 5.20. The number of benzene rings is 2. The van der Waals surface area contributed by atoms with E-state index in [2.05, 4.69) is 13.8 Å². The lowest BCUT2D eigenvalue weighted by molar-refractivity contribution is 0.620. The van der Waals surface area contributed by atoms with Crippen molar-refractivity contribution in [2.75, 3.05) is 0 Å². The Bertz CT molecular complexity index is 653. The zero-order valence-electron chi connectivity index (χ0n) is 14.3. The van der Waals surface area contributed by atoms with Gasteiger partial charge in [0, 0.05) is 9.79 Å². The third-order valence-corrected chi connectivity index (χ3v) is 5.64. The van der Waals surface area contributed by atoms with Crippen molar-refractivity contribution >= 4 is 10.8 Å². The van der Waals surface area contributed by atoms with Crippen LogP contribution in [0.15, 0.2) is 46.2 Å². The molecule has 0 radical (unpaired) electrons. The third-order valence-electron chi connectivity index (χ3n) is 4.04. The Morgan fingerprint density at radius 3 is 1.58 bits per heavy atom. The van der Waals surface area contributed by atoms with Gasteiger partial charge in [-0.3, -0.25) is 0 Å². The van der Waals surface area contributed by atoms with E-state index in [0.29, 0.717) is 22.6 Å². The van der Waals surface area contributed by atoms with Crippen molar-refractivity contribution < 1.29 is 13.0 Å². The maximum Gasteiger partial charge on any atom is 0.123 e. The lowest BCUT2D eigenvalue weighted by atomic mass is 10.1. The molecule has 0 unspecified atom stereocenters. The van der Waals surface area contributed by atoms with Gasteiger partial charge in [-0.15, -0.1) is 0 Å². The van der Waals surface area contributed by atoms with E-state index < -0.39 is 10.8 Å². The summed E-state index contributed by atoms with van der Waals surface area (Å²) in [5.74, 6) is -0.626. The zero-order chi connectivity index (χ0) is 17.5. The van der Waals surface area contributed by atoms with Gasteiger partial charge in [0.05, 0.1) is 10.8 Å². The van der Waals surface area contributed by atoms with E-state index in [4.69, 9.17) is 0 Å². The standard InChI is InChI=1S/C20H24F2OS/c1-3-5-7-15-13-17(21)9-11-19(15)24(23)20-12-10-18(22)14-16(20)8-6-4-2/h9-14H,3-8H2,1-2H3. The molecule has 0 N–H and O–H groups in total. The van der Waals surface area contributed by atoms with Crippen molar-refractivity contribution in [1.29, 1.82) is 0 Å². The normalized spacial score (nSPS) is 11.2. The van der Waals surface area contributed by atoms with Crippen LogP contribution in [-0.2, 0) is 23.6 Å². The fourth-order valence-corrected chi connectivity index (χ4v) is 4.12. The van der Waals surface area contributed by atoms with Crippen LogP contribution in [0.5, 0.6) is 0 Å². The molecule has 0 amide bonds. The molecule has 0 aliphatic carbocycles. The Balaban J connectivity index is 2.41. The smallest absolute Gasteiger partial charge is 0.123 e. The highest BCUT2D eigenvalue weighted by Crippen LogP contribution is 2.26.